The van der Waals surface area contributed by atoms with Gasteiger partial charge in [-0.15, -0.1) is 0 Å². The molecule has 1 atom stereocenters. The van der Waals surface area contributed by atoms with Gasteiger partial charge >= 0.3 is 0 Å². The summed E-state index contributed by atoms with van der Waals surface area (Å²) >= 11 is 0. The Hall–Kier alpha value is -1.65. The van der Waals surface area contributed by atoms with E-state index in [4.69, 9.17) is 4.74 Å². The smallest absolute Gasteiger partial charge is 0.0969 e. The Balaban J connectivity index is 1.68. The van der Waals surface area contributed by atoms with Crippen molar-refractivity contribution >= 4 is 0 Å². The van der Waals surface area contributed by atoms with Gasteiger partial charge in [0, 0.05) is 12.4 Å². The Morgan fingerprint density at radius 1 is 1.24 bits per heavy atom. The van der Waals surface area contributed by atoms with Crippen LogP contribution in [0.1, 0.15) is 5.56 Å². The summed E-state index contributed by atoms with van der Waals surface area (Å²) in [7, 11) is 0. The van der Waals surface area contributed by atoms with Gasteiger partial charge < -0.3 is 9.84 Å². The molecule has 0 aliphatic carbocycles. The highest BCUT2D eigenvalue weighted by Crippen LogP contribution is 2.01. The Morgan fingerprint density at radius 3 is 2.76 bits per heavy atom. The molecule has 1 heterocycles. The average molecular weight is 232 g/mol. The monoisotopic (exact) mass is 232 g/mol. The topological polar surface area (TPSA) is 47.3 Å². The van der Waals surface area contributed by atoms with E-state index < -0.39 is 6.10 Å². The Bertz CT molecular complexity index is 414. The molecule has 1 N–H and O–H groups in total. The van der Waals surface area contributed by atoms with Gasteiger partial charge in [0.05, 0.1) is 25.9 Å². The van der Waals surface area contributed by atoms with Gasteiger partial charge in [0.1, 0.15) is 0 Å². The van der Waals surface area contributed by atoms with Crippen LogP contribution in [0.5, 0.6) is 0 Å². The summed E-state index contributed by atoms with van der Waals surface area (Å²) in [5, 5.41) is 13.7. The van der Waals surface area contributed by atoms with Crippen molar-refractivity contribution in [3.8, 4) is 0 Å². The molecular formula is C13H16N2O2. The van der Waals surface area contributed by atoms with E-state index in [1.165, 1.54) is 0 Å². The number of ether oxygens (including phenoxy) is 1. The van der Waals surface area contributed by atoms with Crippen molar-refractivity contribution in [2.45, 2.75) is 19.3 Å². The molecular weight excluding hydrogens is 216 g/mol. The van der Waals surface area contributed by atoms with Gasteiger partial charge in [0.2, 0.25) is 0 Å². The molecule has 17 heavy (non-hydrogen) atoms. The van der Waals surface area contributed by atoms with Crippen molar-refractivity contribution in [1.29, 1.82) is 0 Å². The van der Waals surface area contributed by atoms with E-state index >= 15 is 0 Å². The van der Waals surface area contributed by atoms with Crippen LogP contribution in [-0.2, 0) is 17.9 Å². The maximum absolute atomic E-state index is 9.71. The summed E-state index contributed by atoms with van der Waals surface area (Å²) in [5.41, 5.74) is 1.11. The van der Waals surface area contributed by atoms with E-state index in [0.29, 0.717) is 19.8 Å². The number of hydrogen-bond donors (Lipinski definition) is 1. The van der Waals surface area contributed by atoms with Crippen LogP contribution in [0, 0.1) is 0 Å². The Morgan fingerprint density at radius 2 is 2.06 bits per heavy atom. The molecule has 90 valence electrons. The second kappa shape index (κ2) is 6.18. The molecule has 4 nitrogen and oxygen atoms in total. The molecule has 1 aromatic carbocycles. The highest BCUT2D eigenvalue weighted by atomic mass is 16.5. The predicted molar refractivity (Wildman–Crippen MR) is 64.3 cm³/mol. The van der Waals surface area contributed by atoms with Crippen molar-refractivity contribution < 1.29 is 9.84 Å². The molecule has 0 fully saturated rings. The molecule has 0 aliphatic heterocycles. The van der Waals surface area contributed by atoms with Crippen molar-refractivity contribution in [1.82, 2.24) is 9.78 Å². The molecule has 0 saturated heterocycles. The van der Waals surface area contributed by atoms with Crippen LogP contribution in [0.25, 0.3) is 0 Å². The number of aliphatic hydroxyl groups is 1. The van der Waals surface area contributed by atoms with Crippen LogP contribution in [0.4, 0.5) is 0 Å². The van der Waals surface area contributed by atoms with Crippen molar-refractivity contribution in [2.24, 2.45) is 0 Å². The fourth-order valence-electron chi connectivity index (χ4n) is 1.56. The maximum Gasteiger partial charge on any atom is 0.0969 e. The van der Waals surface area contributed by atoms with Crippen LogP contribution in [-0.4, -0.2) is 27.6 Å². The third kappa shape index (κ3) is 4.01. The van der Waals surface area contributed by atoms with E-state index in [-0.39, 0.29) is 0 Å². The van der Waals surface area contributed by atoms with Crippen LogP contribution in [0.2, 0.25) is 0 Å². The number of hydrogen-bond acceptors (Lipinski definition) is 3. The zero-order valence-corrected chi connectivity index (χ0v) is 9.57. The maximum atomic E-state index is 9.71. The quantitative estimate of drug-likeness (QED) is 0.820. The molecule has 4 heteroatoms. The second-order valence-corrected chi connectivity index (χ2v) is 3.88. The van der Waals surface area contributed by atoms with Crippen LogP contribution in [0.15, 0.2) is 48.8 Å². The van der Waals surface area contributed by atoms with Crippen LogP contribution in [0.3, 0.4) is 0 Å². The van der Waals surface area contributed by atoms with E-state index in [1.54, 1.807) is 10.9 Å². The minimum atomic E-state index is -0.529. The molecule has 0 radical (unpaired) electrons. The van der Waals surface area contributed by atoms with Gasteiger partial charge in [-0.1, -0.05) is 30.3 Å². The molecule has 0 amide bonds. The predicted octanol–water partition coefficient (Wildman–Crippen LogP) is 1.46. The third-order valence-corrected chi connectivity index (χ3v) is 2.38. The van der Waals surface area contributed by atoms with Gasteiger partial charge in [-0.2, -0.15) is 5.10 Å². The lowest BCUT2D eigenvalue weighted by Gasteiger charge is -2.11. The summed E-state index contributed by atoms with van der Waals surface area (Å²) in [6.07, 6.45) is 2.98. The van der Waals surface area contributed by atoms with Gasteiger partial charge in [0.25, 0.3) is 0 Å². The number of nitrogens with zero attached hydrogens (tertiary/aromatic N) is 2. The molecule has 2 aromatic rings. The van der Waals surface area contributed by atoms with Gasteiger partial charge in [-0.3, -0.25) is 4.68 Å². The number of rotatable bonds is 6. The second-order valence-electron chi connectivity index (χ2n) is 3.88. The Labute approximate surface area is 100 Å². The summed E-state index contributed by atoms with van der Waals surface area (Å²) in [6, 6.07) is 11.7. The Kier molecular flexibility index (Phi) is 4.30. The van der Waals surface area contributed by atoms with Crippen molar-refractivity contribution in [3.05, 3.63) is 54.4 Å². The van der Waals surface area contributed by atoms with Crippen molar-refractivity contribution in [2.75, 3.05) is 6.61 Å². The molecule has 0 saturated carbocycles. The van der Waals surface area contributed by atoms with E-state index in [2.05, 4.69) is 5.10 Å². The number of benzene rings is 1. The number of aliphatic hydroxyl groups excluding tert-OH is 1. The highest BCUT2D eigenvalue weighted by Gasteiger charge is 2.05. The normalized spacial score (nSPS) is 12.5. The first-order valence-corrected chi connectivity index (χ1v) is 5.62. The fourth-order valence-corrected chi connectivity index (χ4v) is 1.56. The molecule has 1 unspecified atom stereocenters. The zero-order valence-electron chi connectivity index (χ0n) is 9.57. The first-order chi connectivity index (χ1) is 8.34. The van der Waals surface area contributed by atoms with Gasteiger partial charge in [-0.25, -0.2) is 0 Å². The van der Waals surface area contributed by atoms with Crippen LogP contribution < -0.4 is 0 Å². The highest BCUT2D eigenvalue weighted by molar-refractivity contribution is 5.13. The lowest BCUT2D eigenvalue weighted by atomic mass is 10.2. The van der Waals surface area contributed by atoms with Crippen LogP contribution >= 0.6 is 0 Å². The average Bonchev–Trinajstić information content (AvgIpc) is 2.83. The number of aromatic nitrogens is 2. The lowest BCUT2D eigenvalue weighted by molar-refractivity contribution is 0.0187. The minimum absolute atomic E-state index is 0.314. The first kappa shape index (κ1) is 11.8. The summed E-state index contributed by atoms with van der Waals surface area (Å²) < 4.78 is 7.13. The molecule has 2 rings (SSSR count). The standard InChI is InChI=1S/C13H16N2O2/c16-13(9-15-8-4-7-14-15)11-17-10-12-5-2-1-3-6-12/h1-8,13,16H,9-11H2. The SMILES string of the molecule is OC(COCc1ccccc1)Cn1cccn1. The van der Waals surface area contributed by atoms with E-state index in [9.17, 15) is 5.11 Å². The molecule has 1 aromatic heterocycles. The zero-order chi connectivity index (χ0) is 11.9. The molecule has 0 bridgehead atoms. The minimum Gasteiger partial charge on any atom is -0.389 e. The van der Waals surface area contributed by atoms with Crippen molar-refractivity contribution in [3.63, 3.8) is 0 Å². The fraction of sp³-hybridized carbons (Fsp3) is 0.308. The van der Waals surface area contributed by atoms with E-state index in [0.717, 1.165) is 5.56 Å². The third-order valence-electron chi connectivity index (χ3n) is 2.38. The van der Waals surface area contributed by atoms with E-state index in [1.807, 2.05) is 42.6 Å². The summed E-state index contributed by atoms with van der Waals surface area (Å²) in [5.74, 6) is 0. The summed E-state index contributed by atoms with van der Waals surface area (Å²) in [6.45, 7) is 1.30. The first-order valence-electron chi connectivity index (χ1n) is 5.62. The van der Waals surface area contributed by atoms with Gasteiger partial charge in [-0.05, 0) is 11.6 Å². The molecule has 0 aliphatic rings. The summed E-state index contributed by atoms with van der Waals surface area (Å²) in [4.78, 5) is 0. The lowest BCUT2D eigenvalue weighted by Crippen LogP contribution is -2.22. The van der Waals surface area contributed by atoms with Gasteiger partial charge in [0.15, 0.2) is 0 Å². The molecule has 0 spiro atoms. The largest absolute Gasteiger partial charge is 0.389 e.